The number of likely N-dealkylation sites (tertiary alicyclic amines) is 1. The third-order valence-corrected chi connectivity index (χ3v) is 4.53. The molecule has 1 saturated heterocycles. The fourth-order valence-electron chi connectivity index (χ4n) is 3.16. The molecule has 0 aliphatic carbocycles. The van der Waals surface area contributed by atoms with Gasteiger partial charge in [0.05, 0.1) is 4.92 Å². The molecule has 2 heterocycles. The molecule has 1 aromatic rings. The molecule has 9 heteroatoms. The molecule has 2 rings (SSSR count). The fourth-order valence-corrected chi connectivity index (χ4v) is 3.16. The minimum absolute atomic E-state index is 0.0226. The van der Waals surface area contributed by atoms with E-state index in [-0.39, 0.29) is 17.4 Å². The highest BCUT2D eigenvalue weighted by atomic mass is 16.6. The van der Waals surface area contributed by atoms with E-state index in [0.29, 0.717) is 24.7 Å². The number of hydrogen-bond donors (Lipinski definition) is 2. The second-order valence-corrected chi connectivity index (χ2v) is 6.18. The first kappa shape index (κ1) is 18.2. The number of nitrogens with one attached hydrogen (secondary N) is 2. The molecule has 2 unspecified atom stereocenters. The first-order valence-electron chi connectivity index (χ1n) is 8.29. The first-order valence-corrected chi connectivity index (χ1v) is 8.29. The van der Waals surface area contributed by atoms with E-state index in [1.54, 1.807) is 14.0 Å². The molecule has 2 atom stereocenters. The van der Waals surface area contributed by atoms with Crippen molar-refractivity contribution in [2.75, 3.05) is 25.5 Å². The van der Waals surface area contributed by atoms with Crippen LogP contribution in [0.5, 0.6) is 0 Å². The van der Waals surface area contributed by atoms with Gasteiger partial charge in [0.2, 0.25) is 11.7 Å². The van der Waals surface area contributed by atoms with Gasteiger partial charge in [-0.15, -0.1) is 0 Å². The van der Waals surface area contributed by atoms with Gasteiger partial charge in [0.1, 0.15) is 11.7 Å². The van der Waals surface area contributed by atoms with E-state index in [1.165, 1.54) is 4.68 Å². The van der Waals surface area contributed by atoms with Crippen molar-refractivity contribution < 1.29 is 9.72 Å². The van der Waals surface area contributed by atoms with Gasteiger partial charge in [0.15, 0.2) is 0 Å². The number of rotatable bonds is 6. The van der Waals surface area contributed by atoms with Crippen molar-refractivity contribution in [1.29, 1.82) is 0 Å². The first-order chi connectivity index (χ1) is 11.4. The predicted octanol–water partition coefficient (Wildman–Crippen LogP) is 1.04. The zero-order valence-electron chi connectivity index (χ0n) is 14.7. The molecular weight excluding hydrogens is 312 g/mol. The summed E-state index contributed by atoms with van der Waals surface area (Å²) in [6.07, 6.45) is 2.55. The third-order valence-electron chi connectivity index (χ3n) is 4.53. The summed E-state index contributed by atoms with van der Waals surface area (Å²) in [7, 11) is 3.54. The predicted molar refractivity (Wildman–Crippen MR) is 91.0 cm³/mol. The topological polar surface area (TPSA) is 105 Å². The van der Waals surface area contributed by atoms with E-state index in [1.807, 2.05) is 18.9 Å². The van der Waals surface area contributed by atoms with Crippen LogP contribution >= 0.6 is 0 Å². The van der Waals surface area contributed by atoms with E-state index >= 15 is 0 Å². The van der Waals surface area contributed by atoms with Gasteiger partial charge in [-0.25, -0.2) is 4.68 Å². The summed E-state index contributed by atoms with van der Waals surface area (Å²) in [6, 6.07) is -0.206. The quantitative estimate of drug-likeness (QED) is 0.593. The standard InChI is InChI=1S/C15H26N6O3/c1-5-12(15(22)20-8-6-7-11(9-20)16-3)17-14-13(21(23)24)10(2)18-19(14)4/h11-12,16-17H,5-9H2,1-4H3. The largest absolute Gasteiger partial charge is 0.353 e. The number of hydrogen-bond acceptors (Lipinski definition) is 6. The lowest BCUT2D eigenvalue weighted by molar-refractivity contribution is -0.384. The zero-order chi connectivity index (χ0) is 17.9. The number of nitrogens with zero attached hydrogens (tertiary/aromatic N) is 4. The van der Waals surface area contributed by atoms with Crippen molar-refractivity contribution in [3.8, 4) is 0 Å². The molecule has 9 nitrogen and oxygen atoms in total. The molecule has 1 aliphatic rings. The van der Waals surface area contributed by atoms with Crippen molar-refractivity contribution in [3.63, 3.8) is 0 Å². The summed E-state index contributed by atoms with van der Waals surface area (Å²) < 4.78 is 1.43. The number of likely N-dealkylation sites (N-methyl/N-ethyl adjacent to an activating group) is 1. The lowest BCUT2D eigenvalue weighted by atomic mass is 10.0. The molecule has 134 valence electrons. The summed E-state index contributed by atoms with van der Waals surface area (Å²) >= 11 is 0. The summed E-state index contributed by atoms with van der Waals surface area (Å²) in [5.74, 6) is 0.255. The monoisotopic (exact) mass is 338 g/mol. The molecule has 1 aliphatic heterocycles. The minimum atomic E-state index is -0.505. The SMILES string of the molecule is CCC(Nc1c([N+](=O)[O-])c(C)nn1C)C(=O)N1CCCC(NC)C1. The Balaban J connectivity index is 2.18. The van der Waals surface area contributed by atoms with Crippen molar-refractivity contribution in [2.24, 2.45) is 7.05 Å². The van der Waals surface area contributed by atoms with E-state index in [2.05, 4.69) is 15.7 Å². The van der Waals surface area contributed by atoms with Gasteiger partial charge < -0.3 is 15.5 Å². The van der Waals surface area contributed by atoms with Crippen LogP contribution in [0.25, 0.3) is 0 Å². The number of amides is 1. The lowest BCUT2D eigenvalue weighted by Gasteiger charge is -2.35. The Hall–Kier alpha value is -2.16. The Morgan fingerprint density at radius 2 is 2.25 bits per heavy atom. The second-order valence-electron chi connectivity index (χ2n) is 6.18. The number of nitro groups is 1. The number of piperidine rings is 1. The van der Waals surface area contributed by atoms with E-state index in [9.17, 15) is 14.9 Å². The van der Waals surface area contributed by atoms with Gasteiger partial charge in [-0.2, -0.15) is 5.10 Å². The second kappa shape index (κ2) is 7.61. The fraction of sp³-hybridized carbons (Fsp3) is 0.733. The Bertz CT molecular complexity index is 615. The maximum atomic E-state index is 12.8. The van der Waals surface area contributed by atoms with Gasteiger partial charge >= 0.3 is 5.69 Å². The van der Waals surface area contributed by atoms with Gasteiger partial charge in [0.25, 0.3) is 0 Å². The summed E-state index contributed by atoms with van der Waals surface area (Å²) in [4.78, 5) is 25.5. The highest BCUT2D eigenvalue weighted by Gasteiger charge is 2.31. The summed E-state index contributed by atoms with van der Waals surface area (Å²) in [6.45, 7) is 4.88. The van der Waals surface area contributed by atoms with Crippen molar-refractivity contribution in [2.45, 2.75) is 45.2 Å². The van der Waals surface area contributed by atoms with Crippen molar-refractivity contribution >= 4 is 17.4 Å². The molecular formula is C15H26N6O3. The van der Waals surface area contributed by atoms with Crippen LogP contribution in [0.3, 0.4) is 0 Å². The Kier molecular flexibility index (Phi) is 5.76. The molecule has 0 bridgehead atoms. The van der Waals surface area contributed by atoms with Crippen molar-refractivity contribution in [3.05, 3.63) is 15.8 Å². The number of aromatic nitrogens is 2. The number of anilines is 1. The van der Waals surface area contributed by atoms with E-state index in [4.69, 9.17) is 0 Å². The third kappa shape index (κ3) is 3.66. The van der Waals surface area contributed by atoms with Crippen LogP contribution in [0.1, 0.15) is 31.9 Å². The van der Waals surface area contributed by atoms with Crippen LogP contribution in [-0.2, 0) is 11.8 Å². The highest BCUT2D eigenvalue weighted by Crippen LogP contribution is 2.28. The highest BCUT2D eigenvalue weighted by molar-refractivity contribution is 5.85. The smallest absolute Gasteiger partial charge is 0.333 e. The maximum Gasteiger partial charge on any atom is 0.333 e. The van der Waals surface area contributed by atoms with Crippen LogP contribution in [0.15, 0.2) is 0 Å². The molecule has 2 N–H and O–H groups in total. The number of carbonyl (C=O) groups is 1. The molecule has 1 fully saturated rings. The maximum absolute atomic E-state index is 12.8. The normalized spacial score (nSPS) is 19.2. The minimum Gasteiger partial charge on any atom is -0.353 e. The van der Waals surface area contributed by atoms with Gasteiger partial charge in [-0.1, -0.05) is 6.92 Å². The van der Waals surface area contributed by atoms with Crippen LogP contribution in [-0.4, -0.2) is 57.7 Å². The average Bonchev–Trinajstić information content (AvgIpc) is 2.85. The van der Waals surface area contributed by atoms with Gasteiger partial charge in [-0.3, -0.25) is 14.9 Å². The Morgan fingerprint density at radius 3 is 2.83 bits per heavy atom. The molecule has 1 amide bonds. The van der Waals surface area contributed by atoms with Gasteiger partial charge in [0, 0.05) is 26.2 Å². The van der Waals surface area contributed by atoms with Crippen molar-refractivity contribution in [1.82, 2.24) is 20.0 Å². The average molecular weight is 338 g/mol. The summed E-state index contributed by atoms with van der Waals surface area (Å²) in [5, 5.41) is 21.6. The summed E-state index contributed by atoms with van der Waals surface area (Å²) in [5.41, 5.74) is 0.260. The molecule has 0 radical (unpaired) electrons. The molecule has 24 heavy (non-hydrogen) atoms. The number of carbonyl (C=O) groups excluding carboxylic acids is 1. The zero-order valence-corrected chi connectivity index (χ0v) is 14.7. The van der Waals surface area contributed by atoms with E-state index in [0.717, 1.165) is 19.4 Å². The molecule has 0 aromatic carbocycles. The molecule has 0 spiro atoms. The number of aryl methyl sites for hydroxylation is 2. The van der Waals surface area contributed by atoms with Crippen LogP contribution < -0.4 is 10.6 Å². The van der Waals surface area contributed by atoms with Crippen LogP contribution in [0, 0.1) is 17.0 Å². The Morgan fingerprint density at radius 1 is 1.54 bits per heavy atom. The molecule has 0 saturated carbocycles. The van der Waals surface area contributed by atoms with E-state index < -0.39 is 11.0 Å². The lowest BCUT2D eigenvalue weighted by Crippen LogP contribution is -2.51. The Labute approximate surface area is 141 Å². The van der Waals surface area contributed by atoms with Gasteiger partial charge in [-0.05, 0) is 33.2 Å². The van der Waals surface area contributed by atoms with Crippen LogP contribution in [0.2, 0.25) is 0 Å². The van der Waals surface area contributed by atoms with Crippen LogP contribution in [0.4, 0.5) is 11.5 Å². The molecule has 1 aromatic heterocycles.